The van der Waals surface area contributed by atoms with E-state index in [0.29, 0.717) is 15.7 Å². The molecular weight excluding hydrogens is 493 g/mol. The quantitative estimate of drug-likeness (QED) is 0.277. The molecule has 35 heavy (non-hydrogen) atoms. The van der Waals surface area contributed by atoms with E-state index in [2.05, 4.69) is 10.1 Å². The van der Waals surface area contributed by atoms with Gasteiger partial charge in [-0.2, -0.15) is 5.10 Å². The Morgan fingerprint density at radius 3 is 1.97 bits per heavy atom. The van der Waals surface area contributed by atoms with E-state index in [-0.39, 0.29) is 18.3 Å². The first-order chi connectivity index (χ1) is 16.4. The van der Waals surface area contributed by atoms with Gasteiger partial charge in [-0.1, -0.05) is 75.7 Å². The van der Waals surface area contributed by atoms with Gasteiger partial charge >= 0.3 is 11.9 Å². The number of aromatic nitrogens is 3. The highest BCUT2D eigenvalue weighted by molar-refractivity contribution is 6.35. The molecule has 0 spiro atoms. The molecule has 8 nitrogen and oxygen atoms in total. The summed E-state index contributed by atoms with van der Waals surface area (Å²) in [7, 11) is 0. The molecule has 194 valence electrons. The second kappa shape index (κ2) is 15.5. The highest BCUT2D eigenvalue weighted by Gasteiger charge is 2.27. The lowest BCUT2D eigenvalue weighted by Crippen LogP contribution is -2.29. The number of unbranched alkanes of at least 4 members (excludes halogenated alkanes) is 5. The van der Waals surface area contributed by atoms with Crippen molar-refractivity contribution in [3.8, 4) is 0 Å². The number of carbonyl (C=O) groups is 2. The van der Waals surface area contributed by atoms with Crippen LogP contribution in [0.25, 0.3) is 11.8 Å². The van der Waals surface area contributed by atoms with Gasteiger partial charge in [0.05, 0.1) is 5.70 Å². The van der Waals surface area contributed by atoms with Crippen LogP contribution in [0.4, 0.5) is 0 Å². The number of hydrogen-bond donors (Lipinski definition) is 3. The molecule has 0 fully saturated rings. The maximum Gasteiger partial charge on any atom is 0.303 e. The van der Waals surface area contributed by atoms with Crippen LogP contribution in [0, 0.1) is 5.41 Å². The van der Waals surface area contributed by atoms with Gasteiger partial charge in [-0.15, -0.1) is 0 Å². The predicted molar refractivity (Wildman–Crippen MR) is 138 cm³/mol. The van der Waals surface area contributed by atoms with Gasteiger partial charge in [0, 0.05) is 22.9 Å². The largest absolute Gasteiger partial charge is 0.481 e. The van der Waals surface area contributed by atoms with E-state index >= 15 is 0 Å². The number of nitrogens with zero attached hydrogens (tertiary/aromatic N) is 3. The minimum atomic E-state index is -0.740. The maximum absolute atomic E-state index is 10.6. The number of halogens is 2. The Balaban J connectivity index is 0.000000383. The summed E-state index contributed by atoms with van der Waals surface area (Å²) in [5.41, 5.74) is 1.01. The van der Waals surface area contributed by atoms with Crippen LogP contribution >= 0.6 is 23.2 Å². The first kappa shape index (κ1) is 30.6. The molecule has 0 amide bonds. The third-order valence-corrected chi connectivity index (χ3v) is 5.64. The molecule has 0 bridgehead atoms. The normalized spacial score (nSPS) is 12.6. The van der Waals surface area contributed by atoms with Gasteiger partial charge in [-0.3, -0.25) is 9.59 Å². The summed E-state index contributed by atoms with van der Waals surface area (Å²) in [6, 6.07) is 5.22. The number of aliphatic hydroxyl groups excluding tert-OH is 1. The third-order valence-electron chi connectivity index (χ3n) is 5.08. The topological polar surface area (TPSA) is 126 Å². The van der Waals surface area contributed by atoms with Crippen LogP contribution in [0.2, 0.25) is 10.0 Å². The van der Waals surface area contributed by atoms with Crippen LogP contribution in [0.1, 0.15) is 77.7 Å². The molecule has 3 N–H and O–H groups in total. The SMILES string of the molecule is CC(C)(C)C(O)/C(=C\c1ccc(Cl)cc1Cl)n1cncn1.O=C(O)CCCCCCCCC(=O)O. The fraction of sp³-hybridized carbons (Fsp3) is 0.520. The van der Waals surface area contributed by atoms with Crippen molar-refractivity contribution in [2.45, 2.75) is 78.2 Å². The third kappa shape index (κ3) is 12.7. The van der Waals surface area contributed by atoms with E-state index in [4.69, 9.17) is 33.4 Å². The molecule has 1 aromatic carbocycles. The zero-order chi connectivity index (χ0) is 26.4. The van der Waals surface area contributed by atoms with Crippen molar-refractivity contribution in [1.82, 2.24) is 14.8 Å². The molecule has 1 unspecified atom stereocenters. The Morgan fingerprint density at radius 1 is 1.00 bits per heavy atom. The smallest absolute Gasteiger partial charge is 0.303 e. The number of hydrogen-bond acceptors (Lipinski definition) is 5. The van der Waals surface area contributed by atoms with Crippen LogP contribution in [0.5, 0.6) is 0 Å². The van der Waals surface area contributed by atoms with Gasteiger partial charge in [0.25, 0.3) is 0 Å². The first-order valence-corrected chi connectivity index (χ1v) is 12.3. The summed E-state index contributed by atoms with van der Waals surface area (Å²) >= 11 is 12.1. The first-order valence-electron chi connectivity index (χ1n) is 11.5. The highest BCUT2D eigenvalue weighted by atomic mass is 35.5. The zero-order valence-electron chi connectivity index (χ0n) is 20.5. The fourth-order valence-corrected chi connectivity index (χ4v) is 3.56. The summed E-state index contributed by atoms with van der Waals surface area (Å²) in [5.74, 6) is -1.48. The molecule has 0 aliphatic carbocycles. The Kier molecular flexibility index (Phi) is 13.6. The summed E-state index contributed by atoms with van der Waals surface area (Å²) in [4.78, 5) is 24.2. The van der Waals surface area contributed by atoms with Crippen LogP contribution in [0.3, 0.4) is 0 Å². The minimum absolute atomic E-state index is 0.245. The fourth-order valence-electron chi connectivity index (χ4n) is 3.09. The van der Waals surface area contributed by atoms with Crippen molar-refractivity contribution in [2.75, 3.05) is 0 Å². The van der Waals surface area contributed by atoms with Crippen molar-refractivity contribution in [2.24, 2.45) is 5.41 Å². The molecule has 2 rings (SSSR count). The van der Waals surface area contributed by atoms with E-state index < -0.39 is 18.0 Å². The van der Waals surface area contributed by atoms with Crippen molar-refractivity contribution in [3.63, 3.8) is 0 Å². The number of rotatable bonds is 12. The zero-order valence-corrected chi connectivity index (χ0v) is 22.0. The van der Waals surface area contributed by atoms with Crippen molar-refractivity contribution >= 4 is 46.9 Å². The molecule has 0 saturated heterocycles. The molecule has 0 saturated carbocycles. The number of carboxylic acids is 2. The van der Waals surface area contributed by atoms with Gasteiger partial charge in [-0.05, 0) is 42.0 Å². The van der Waals surface area contributed by atoms with Gasteiger partial charge in [0.2, 0.25) is 0 Å². The number of aliphatic carboxylic acids is 2. The van der Waals surface area contributed by atoms with Crippen LogP contribution in [0.15, 0.2) is 30.9 Å². The van der Waals surface area contributed by atoms with Gasteiger partial charge in [-0.25, -0.2) is 9.67 Å². The standard InChI is InChI=1S/C15H17Cl2N3O.C10H18O4/c1-15(2,3)14(21)13(20-9-18-8-19-20)6-10-4-5-11(16)7-12(10)17;11-9(12)7-5-3-1-2-4-6-8-10(13)14/h4-9,14,21H,1-3H3;1-8H2,(H,11,12)(H,13,14)/b13-6+;. The molecule has 10 heteroatoms. The van der Waals surface area contributed by atoms with E-state index in [9.17, 15) is 14.7 Å². The van der Waals surface area contributed by atoms with E-state index in [1.54, 1.807) is 35.3 Å². The Morgan fingerprint density at radius 2 is 1.54 bits per heavy atom. The summed E-state index contributed by atoms with van der Waals surface area (Å²) in [6.45, 7) is 5.85. The lowest BCUT2D eigenvalue weighted by atomic mass is 9.86. The lowest BCUT2D eigenvalue weighted by Gasteiger charge is -2.28. The minimum Gasteiger partial charge on any atom is -0.481 e. The molecular formula is C25H35Cl2N3O5. The molecule has 0 aliphatic rings. The van der Waals surface area contributed by atoms with Crippen molar-refractivity contribution in [1.29, 1.82) is 0 Å². The lowest BCUT2D eigenvalue weighted by molar-refractivity contribution is -0.138. The number of benzene rings is 1. The monoisotopic (exact) mass is 527 g/mol. The van der Waals surface area contributed by atoms with Crippen LogP contribution in [-0.4, -0.2) is 48.1 Å². The predicted octanol–water partition coefficient (Wildman–Crippen LogP) is 6.27. The summed E-state index contributed by atoms with van der Waals surface area (Å²) in [6.07, 6.45) is 9.86. The van der Waals surface area contributed by atoms with Crippen LogP contribution in [-0.2, 0) is 9.59 Å². The van der Waals surface area contributed by atoms with E-state index in [1.807, 2.05) is 20.8 Å². The Labute approximate surface area is 216 Å². The Hall–Kier alpha value is -2.42. The average molecular weight is 528 g/mol. The molecule has 1 atom stereocenters. The van der Waals surface area contributed by atoms with E-state index in [1.165, 1.54) is 6.33 Å². The van der Waals surface area contributed by atoms with Gasteiger partial charge in [0.15, 0.2) is 0 Å². The van der Waals surface area contributed by atoms with Crippen molar-refractivity contribution in [3.05, 3.63) is 46.5 Å². The van der Waals surface area contributed by atoms with Crippen molar-refractivity contribution < 1.29 is 24.9 Å². The highest BCUT2D eigenvalue weighted by Crippen LogP contribution is 2.30. The van der Waals surface area contributed by atoms with Gasteiger partial charge in [0.1, 0.15) is 18.8 Å². The number of carboxylic acid groups (broad SMARTS) is 2. The second-order valence-corrected chi connectivity index (χ2v) is 10.1. The second-order valence-electron chi connectivity index (χ2n) is 9.25. The number of aliphatic hydroxyl groups is 1. The van der Waals surface area contributed by atoms with Gasteiger partial charge < -0.3 is 15.3 Å². The molecule has 2 aromatic rings. The van der Waals surface area contributed by atoms with E-state index in [0.717, 1.165) is 44.1 Å². The average Bonchev–Trinajstić information content (AvgIpc) is 3.29. The summed E-state index contributed by atoms with van der Waals surface area (Å²) in [5, 5.41) is 32.5. The molecule has 1 heterocycles. The Bertz CT molecular complexity index is 937. The summed E-state index contributed by atoms with van der Waals surface area (Å²) < 4.78 is 1.54. The molecule has 0 aliphatic heterocycles. The maximum atomic E-state index is 10.6. The molecule has 0 radical (unpaired) electrons. The van der Waals surface area contributed by atoms with Crippen LogP contribution < -0.4 is 0 Å². The molecule has 1 aromatic heterocycles.